The second-order valence-corrected chi connectivity index (χ2v) is 10.6. The fraction of sp³-hybridized carbons (Fsp3) is 0.364. The summed E-state index contributed by atoms with van der Waals surface area (Å²) < 4.78 is 42.9. The number of benzene rings is 2. The minimum Gasteiger partial charge on any atom is -0.454 e. The Hall–Kier alpha value is -3.07. The number of hydrogen-bond acceptors (Lipinski definition) is 7. The average Bonchev–Trinajstić information content (AvgIpc) is 3.13. The van der Waals surface area contributed by atoms with Crippen molar-refractivity contribution in [3.05, 3.63) is 54.1 Å². The predicted octanol–water partition coefficient (Wildman–Crippen LogP) is 2.82. The number of carbonyl (C=O) groups is 2. The average molecular weight is 445 g/mol. The second kappa shape index (κ2) is 7.26. The molecule has 1 amide bonds. The first-order chi connectivity index (χ1) is 14.6. The van der Waals surface area contributed by atoms with E-state index in [1.165, 1.54) is 12.1 Å². The Kier molecular flexibility index (Phi) is 4.96. The maximum absolute atomic E-state index is 13.4. The van der Waals surface area contributed by atoms with Gasteiger partial charge in [0.25, 0.3) is 0 Å². The third kappa shape index (κ3) is 3.74. The quantitative estimate of drug-likeness (QED) is 0.705. The Morgan fingerprint density at radius 2 is 1.81 bits per heavy atom. The number of alkyl carbamates (subject to hydrolysis) is 1. The van der Waals surface area contributed by atoms with Gasteiger partial charge in [-0.25, -0.2) is 13.2 Å². The predicted molar refractivity (Wildman–Crippen MR) is 111 cm³/mol. The molecular formula is C22H23NO7S. The van der Waals surface area contributed by atoms with Crippen molar-refractivity contribution < 1.29 is 32.2 Å². The summed E-state index contributed by atoms with van der Waals surface area (Å²) >= 11 is 0. The molecule has 1 N–H and O–H groups in total. The van der Waals surface area contributed by atoms with Crippen molar-refractivity contribution in [3.8, 4) is 11.5 Å². The van der Waals surface area contributed by atoms with Gasteiger partial charge in [-0.15, -0.1) is 0 Å². The minimum absolute atomic E-state index is 0.0597. The van der Waals surface area contributed by atoms with Gasteiger partial charge in [0.2, 0.25) is 6.79 Å². The number of fused-ring (bicyclic) bond motifs is 1. The van der Waals surface area contributed by atoms with E-state index in [0.717, 1.165) is 0 Å². The smallest absolute Gasteiger partial charge is 0.408 e. The van der Waals surface area contributed by atoms with E-state index in [9.17, 15) is 18.0 Å². The summed E-state index contributed by atoms with van der Waals surface area (Å²) in [6.07, 6.45) is -0.381. The molecule has 8 nitrogen and oxygen atoms in total. The van der Waals surface area contributed by atoms with Crippen LogP contribution in [-0.2, 0) is 19.4 Å². The van der Waals surface area contributed by atoms with Crippen molar-refractivity contribution >= 4 is 22.2 Å². The first kappa shape index (κ1) is 21.2. The van der Waals surface area contributed by atoms with E-state index in [0.29, 0.717) is 23.3 Å². The number of ether oxygens (including phenoxy) is 3. The summed E-state index contributed by atoms with van der Waals surface area (Å²) in [5.74, 6) is 0.165. The van der Waals surface area contributed by atoms with Gasteiger partial charge in [0.15, 0.2) is 21.3 Å². The van der Waals surface area contributed by atoms with E-state index in [2.05, 4.69) is 5.32 Å². The molecule has 0 radical (unpaired) electrons. The van der Waals surface area contributed by atoms with E-state index in [1.807, 2.05) is 0 Å². The molecule has 2 aliphatic rings. The van der Waals surface area contributed by atoms with E-state index < -0.39 is 38.2 Å². The number of amides is 1. The van der Waals surface area contributed by atoms with E-state index in [-0.39, 0.29) is 11.7 Å². The fourth-order valence-electron chi connectivity index (χ4n) is 3.92. The van der Waals surface area contributed by atoms with Crippen LogP contribution in [0.25, 0.3) is 0 Å². The van der Waals surface area contributed by atoms with Crippen molar-refractivity contribution in [2.75, 3.05) is 6.79 Å². The van der Waals surface area contributed by atoms with Crippen LogP contribution in [0.5, 0.6) is 11.5 Å². The number of sulfone groups is 1. The molecule has 0 aromatic heterocycles. The highest BCUT2D eigenvalue weighted by atomic mass is 32.2. The third-order valence-electron chi connectivity index (χ3n) is 5.25. The Morgan fingerprint density at radius 1 is 1.13 bits per heavy atom. The Bertz CT molecular complexity index is 1120. The lowest BCUT2D eigenvalue weighted by Crippen LogP contribution is -2.45. The zero-order chi connectivity index (χ0) is 22.4. The molecule has 1 aliphatic heterocycles. The summed E-state index contributed by atoms with van der Waals surface area (Å²) in [4.78, 5) is 24.9. The Morgan fingerprint density at radius 3 is 2.45 bits per heavy atom. The zero-order valence-corrected chi connectivity index (χ0v) is 18.1. The molecule has 1 heterocycles. The van der Waals surface area contributed by atoms with Crippen LogP contribution >= 0.6 is 0 Å². The molecule has 1 saturated carbocycles. The topological polar surface area (TPSA) is 108 Å². The van der Waals surface area contributed by atoms with Crippen LogP contribution in [0.3, 0.4) is 0 Å². The molecule has 3 atom stereocenters. The Balaban J connectivity index is 1.76. The molecule has 2 aromatic carbocycles. The van der Waals surface area contributed by atoms with Crippen LogP contribution in [0.1, 0.15) is 32.3 Å². The number of aldehydes is 1. The highest BCUT2D eigenvalue weighted by Gasteiger charge is 2.73. The molecule has 1 aliphatic carbocycles. The van der Waals surface area contributed by atoms with Crippen LogP contribution in [0.2, 0.25) is 0 Å². The largest absolute Gasteiger partial charge is 0.454 e. The van der Waals surface area contributed by atoms with E-state index in [1.54, 1.807) is 57.2 Å². The SMILES string of the molecule is CC(C)(C)OC(=O)N[C@@]1(C=O)[C@@H](c2ccc3c(c2)OCO3)[C@@H]1S(=O)(=O)c1ccccc1. The van der Waals surface area contributed by atoms with Crippen LogP contribution in [-0.4, -0.2) is 44.0 Å². The van der Waals surface area contributed by atoms with Crippen LogP contribution in [0.4, 0.5) is 4.79 Å². The molecule has 0 saturated heterocycles. The summed E-state index contributed by atoms with van der Waals surface area (Å²) in [5.41, 5.74) is -1.95. The molecule has 0 spiro atoms. The standard InChI is InChI=1S/C22H23NO7S/c1-21(2,3)30-20(25)23-22(12-24)18(14-9-10-16-17(11-14)29-13-28-16)19(22)31(26,27)15-7-5-4-6-8-15/h4-12,18-19H,13H2,1-3H3,(H,23,25)/t18-,19-,22-/m0/s1. The minimum atomic E-state index is -3.96. The van der Waals surface area contributed by atoms with Crippen LogP contribution < -0.4 is 14.8 Å². The summed E-state index contributed by atoms with van der Waals surface area (Å²) in [7, 11) is -3.96. The maximum atomic E-state index is 13.4. The highest BCUT2D eigenvalue weighted by Crippen LogP contribution is 2.57. The lowest BCUT2D eigenvalue weighted by Gasteiger charge is -2.22. The van der Waals surface area contributed by atoms with E-state index >= 15 is 0 Å². The first-order valence-electron chi connectivity index (χ1n) is 9.74. The summed E-state index contributed by atoms with van der Waals surface area (Å²) in [5, 5.41) is 1.33. The monoisotopic (exact) mass is 445 g/mol. The number of rotatable bonds is 5. The number of carbonyl (C=O) groups excluding carboxylic acids is 2. The first-order valence-corrected chi connectivity index (χ1v) is 11.3. The van der Waals surface area contributed by atoms with Gasteiger partial charge in [-0.2, -0.15) is 0 Å². The summed E-state index contributed by atoms with van der Waals surface area (Å²) in [6.45, 7) is 5.10. The van der Waals surface area contributed by atoms with Gasteiger partial charge in [0, 0.05) is 5.92 Å². The Labute approximate surface area is 180 Å². The molecule has 31 heavy (non-hydrogen) atoms. The van der Waals surface area contributed by atoms with Crippen molar-refractivity contribution in [1.29, 1.82) is 0 Å². The van der Waals surface area contributed by atoms with Gasteiger partial charge >= 0.3 is 6.09 Å². The van der Waals surface area contributed by atoms with Gasteiger partial charge in [-0.05, 0) is 50.6 Å². The number of hydrogen-bond donors (Lipinski definition) is 1. The molecule has 1 fully saturated rings. The molecule has 2 aromatic rings. The normalized spacial score (nSPS) is 24.4. The zero-order valence-electron chi connectivity index (χ0n) is 17.3. The third-order valence-corrected chi connectivity index (χ3v) is 7.51. The summed E-state index contributed by atoms with van der Waals surface area (Å²) in [6, 6.07) is 12.8. The lowest BCUT2D eigenvalue weighted by molar-refractivity contribution is -0.110. The highest BCUT2D eigenvalue weighted by molar-refractivity contribution is 7.92. The maximum Gasteiger partial charge on any atom is 0.408 e. The molecule has 0 bridgehead atoms. The second-order valence-electron chi connectivity index (χ2n) is 8.55. The molecule has 9 heteroatoms. The van der Waals surface area contributed by atoms with Gasteiger partial charge in [0.05, 0.1) is 4.90 Å². The molecule has 0 unspecified atom stereocenters. The van der Waals surface area contributed by atoms with Gasteiger partial charge < -0.3 is 24.3 Å². The number of nitrogens with one attached hydrogen (secondary N) is 1. The van der Waals surface area contributed by atoms with Gasteiger partial charge in [0.1, 0.15) is 22.7 Å². The van der Waals surface area contributed by atoms with Crippen molar-refractivity contribution in [1.82, 2.24) is 5.32 Å². The molecular weight excluding hydrogens is 422 g/mol. The lowest BCUT2D eigenvalue weighted by atomic mass is 10.1. The van der Waals surface area contributed by atoms with Gasteiger partial charge in [-0.1, -0.05) is 24.3 Å². The molecule has 164 valence electrons. The van der Waals surface area contributed by atoms with Crippen molar-refractivity contribution in [2.24, 2.45) is 0 Å². The van der Waals surface area contributed by atoms with Gasteiger partial charge in [-0.3, -0.25) is 0 Å². The van der Waals surface area contributed by atoms with Crippen molar-refractivity contribution in [2.45, 2.75) is 48.0 Å². The van der Waals surface area contributed by atoms with Crippen molar-refractivity contribution in [3.63, 3.8) is 0 Å². The fourth-order valence-corrected chi connectivity index (χ4v) is 6.19. The van der Waals surface area contributed by atoms with E-state index in [4.69, 9.17) is 14.2 Å². The molecule has 4 rings (SSSR count). The van der Waals surface area contributed by atoms with Crippen LogP contribution in [0.15, 0.2) is 53.4 Å². The van der Waals surface area contributed by atoms with Crippen LogP contribution in [0, 0.1) is 0 Å².